The van der Waals surface area contributed by atoms with Crippen molar-refractivity contribution in [3.05, 3.63) is 70.8 Å². The molecule has 0 aliphatic rings. The van der Waals surface area contributed by atoms with Crippen LogP contribution in [0.5, 0.6) is 0 Å². The van der Waals surface area contributed by atoms with Gasteiger partial charge < -0.3 is 5.32 Å². The third-order valence-corrected chi connectivity index (χ3v) is 3.81. The van der Waals surface area contributed by atoms with Gasteiger partial charge in [-0.3, -0.25) is 0 Å². The summed E-state index contributed by atoms with van der Waals surface area (Å²) in [5, 5.41) is 3.38. The van der Waals surface area contributed by atoms with Gasteiger partial charge in [0, 0.05) is 17.6 Å². The molecule has 0 saturated heterocycles. The van der Waals surface area contributed by atoms with Crippen molar-refractivity contribution in [2.75, 3.05) is 0 Å². The Labute approximate surface area is 125 Å². The van der Waals surface area contributed by atoms with Crippen molar-refractivity contribution >= 4 is 0 Å². The SMILES string of the molecule is CCC(NC(C)c1cc(F)c(C)cc1F)c1ccccc1. The first-order valence-electron chi connectivity index (χ1n) is 7.29. The molecule has 112 valence electrons. The number of benzene rings is 2. The Hall–Kier alpha value is -1.74. The van der Waals surface area contributed by atoms with Gasteiger partial charge in [0.2, 0.25) is 0 Å². The van der Waals surface area contributed by atoms with Crippen molar-refractivity contribution in [2.45, 2.75) is 39.3 Å². The highest BCUT2D eigenvalue weighted by atomic mass is 19.1. The van der Waals surface area contributed by atoms with Crippen molar-refractivity contribution in [1.82, 2.24) is 5.32 Å². The van der Waals surface area contributed by atoms with Crippen molar-refractivity contribution < 1.29 is 8.78 Å². The van der Waals surface area contributed by atoms with Crippen LogP contribution in [-0.2, 0) is 0 Å². The van der Waals surface area contributed by atoms with Crippen LogP contribution in [0.1, 0.15) is 49.0 Å². The van der Waals surface area contributed by atoms with Crippen molar-refractivity contribution in [1.29, 1.82) is 0 Å². The number of halogens is 2. The van der Waals surface area contributed by atoms with Gasteiger partial charge in [-0.15, -0.1) is 0 Å². The Morgan fingerprint density at radius 3 is 2.33 bits per heavy atom. The highest BCUT2D eigenvalue weighted by Crippen LogP contribution is 2.25. The molecule has 0 radical (unpaired) electrons. The van der Waals surface area contributed by atoms with Crippen molar-refractivity contribution in [2.24, 2.45) is 0 Å². The van der Waals surface area contributed by atoms with E-state index in [1.54, 1.807) is 6.92 Å². The Balaban J connectivity index is 2.20. The zero-order valence-electron chi connectivity index (χ0n) is 12.7. The van der Waals surface area contributed by atoms with Gasteiger partial charge in [0.25, 0.3) is 0 Å². The van der Waals surface area contributed by atoms with E-state index in [0.29, 0.717) is 11.1 Å². The predicted molar refractivity (Wildman–Crippen MR) is 82.1 cm³/mol. The van der Waals surface area contributed by atoms with Gasteiger partial charge in [0.1, 0.15) is 11.6 Å². The highest BCUT2D eigenvalue weighted by Gasteiger charge is 2.17. The van der Waals surface area contributed by atoms with Gasteiger partial charge in [0.15, 0.2) is 0 Å². The summed E-state index contributed by atoms with van der Waals surface area (Å²) in [4.78, 5) is 0. The maximum absolute atomic E-state index is 14.0. The molecule has 1 N–H and O–H groups in total. The summed E-state index contributed by atoms with van der Waals surface area (Å²) in [5.41, 5.74) is 1.85. The van der Waals surface area contributed by atoms with Crippen LogP contribution in [0.25, 0.3) is 0 Å². The van der Waals surface area contributed by atoms with E-state index in [4.69, 9.17) is 0 Å². The minimum atomic E-state index is -0.368. The number of hydrogen-bond donors (Lipinski definition) is 1. The number of nitrogens with one attached hydrogen (secondary N) is 1. The molecule has 2 atom stereocenters. The van der Waals surface area contributed by atoms with E-state index in [-0.39, 0.29) is 23.7 Å². The fourth-order valence-corrected chi connectivity index (χ4v) is 2.52. The molecule has 21 heavy (non-hydrogen) atoms. The van der Waals surface area contributed by atoms with Crippen LogP contribution in [0.2, 0.25) is 0 Å². The minimum Gasteiger partial charge on any atom is -0.303 e. The summed E-state index contributed by atoms with van der Waals surface area (Å²) in [5.74, 6) is -0.732. The number of rotatable bonds is 5. The fraction of sp³-hybridized carbons (Fsp3) is 0.333. The summed E-state index contributed by atoms with van der Waals surface area (Å²) in [7, 11) is 0. The van der Waals surface area contributed by atoms with Crippen LogP contribution in [0.4, 0.5) is 8.78 Å². The molecule has 0 spiro atoms. The topological polar surface area (TPSA) is 12.0 Å². The first kappa shape index (κ1) is 15.6. The number of aryl methyl sites for hydroxylation is 1. The molecule has 0 bridgehead atoms. The molecule has 1 nitrogen and oxygen atoms in total. The molecule has 2 unspecified atom stereocenters. The van der Waals surface area contributed by atoms with Gasteiger partial charge in [-0.2, -0.15) is 0 Å². The van der Waals surface area contributed by atoms with E-state index in [0.717, 1.165) is 12.0 Å². The van der Waals surface area contributed by atoms with E-state index >= 15 is 0 Å². The second kappa shape index (κ2) is 6.81. The lowest BCUT2D eigenvalue weighted by Gasteiger charge is -2.23. The van der Waals surface area contributed by atoms with E-state index in [1.165, 1.54) is 12.1 Å². The van der Waals surface area contributed by atoms with E-state index in [9.17, 15) is 8.78 Å². The summed E-state index contributed by atoms with van der Waals surface area (Å²) in [6.07, 6.45) is 0.879. The second-order valence-electron chi connectivity index (χ2n) is 5.38. The quantitative estimate of drug-likeness (QED) is 0.809. The van der Waals surface area contributed by atoms with E-state index in [1.807, 2.05) is 37.3 Å². The van der Waals surface area contributed by atoms with Crippen molar-refractivity contribution in [3.63, 3.8) is 0 Å². The molecule has 2 aromatic rings. The summed E-state index contributed by atoms with van der Waals surface area (Å²) >= 11 is 0. The number of hydrogen-bond acceptors (Lipinski definition) is 1. The molecular weight excluding hydrogens is 268 g/mol. The smallest absolute Gasteiger partial charge is 0.128 e. The van der Waals surface area contributed by atoms with Gasteiger partial charge in [-0.1, -0.05) is 37.3 Å². The van der Waals surface area contributed by atoms with Crippen LogP contribution in [0, 0.1) is 18.6 Å². The molecule has 3 heteroatoms. The Morgan fingerprint density at radius 2 is 1.71 bits per heavy atom. The molecule has 0 saturated carbocycles. The molecule has 0 heterocycles. The first-order chi connectivity index (χ1) is 10.0. The fourth-order valence-electron chi connectivity index (χ4n) is 2.52. The van der Waals surface area contributed by atoms with Gasteiger partial charge in [-0.25, -0.2) is 8.78 Å². The molecule has 2 aromatic carbocycles. The summed E-state index contributed by atoms with van der Waals surface area (Å²) in [6.45, 7) is 5.50. The van der Waals surface area contributed by atoms with Crippen LogP contribution < -0.4 is 5.32 Å². The van der Waals surface area contributed by atoms with Gasteiger partial charge in [0.05, 0.1) is 0 Å². The van der Waals surface area contributed by atoms with Crippen LogP contribution >= 0.6 is 0 Å². The van der Waals surface area contributed by atoms with Crippen LogP contribution in [0.15, 0.2) is 42.5 Å². The van der Waals surface area contributed by atoms with Gasteiger partial charge >= 0.3 is 0 Å². The lowest BCUT2D eigenvalue weighted by Crippen LogP contribution is -2.25. The summed E-state index contributed by atoms with van der Waals surface area (Å²) < 4.78 is 27.7. The molecule has 0 aromatic heterocycles. The monoisotopic (exact) mass is 289 g/mol. The largest absolute Gasteiger partial charge is 0.303 e. The molecule has 2 rings (SSSR count). The van der Waals surface area contributed by atoms with E-state index in [2.05, 4.69) is 12.2 Å². The molecule has 0 fully saturated rings. The highest BCUT2D eigenvalue weighted by molar-refractivity contribution is 5.28. The minimum absolute atomic E-state index is 0.116. The molecular formula is C18H21F2N. The summed E-state index contributed by atoms with van der Waals surface area (Å²) in [6, 6.07) is 12.4. The van der Waals surface area contributed by atoms with E-state index < -0.39 is 0 Å². The second-order valence-corrected chi connectivity index (χ2v) is 5.38. The molecule has 0 aliphatic carbocycles. The normalized spacial score (nSPS) is 14.0. The Morgan fingerprint density at radius 1 is 1.05 bits per heavy atom. The molecule has 0 aliphatic heterocycles. The van der Waals surface area contributed by atoms with Crippen LogP contribution in [0.3, 0.4) is 0 Å². The molecule has 0 amide bonds. The third kappa shape index (κ3) is 3.67. The standard InChI is InChI=1S/C18H21F2N/c1-4-18(14-8-6-5-7-9-14)21-13(3)15-11-16(19)12(2)10-17(15)20/h5-11,13,18,21H,4H2,1-3H3. The van der Waals surface area contributed by atoms with Crippen LogP contribution in [-0.4, -0.2) is 0 Å². The third-order valence-electron chi connectivity index (χ3n) is 3.81. The average molecular weight is 289 g/mol. The lowest BCUT2D eigenvalue weighted by atomic mass is 10.00. The zero-order valence-corrected chi connectivity index (χ0v) is 12.7. The zero-order chi connectivity index (χ0) is 15.4. The maximum atomic E-state index is 14.0. The Bertz CT molecular complexity index is 596. The lowest BCUT2D eigenvalue weighted by molar-refractivity contribution is 0.440. The maximum Gasteiger partial charge on any atom is 0.128 e. The van der Waals surface area contributed by atoms with Gasteiger partial charge in [-0.05, 0) is 43.5 Å². The average Bonchev–Trinajstić information content (AvgIpc) is 2.49. The first-order valence-corrected chi connectivity index (χ1v) is 7.29. The van der Waals surface area contributed by atoms with Crippen molar-refractivity contribution in [3.8, 4) is 0 Å². The Kier molecular flexibility index (Phi) is 5.07. The predicted octanol–water partition coefficient (Wildman–Crippen LogP) is 5.08.